The molecule has 1 N–H and O–H groups in total. The standard InChI is InChI=1S/C16H22ClNO2/c1-12-2-3-15(14(17)10-12)18-13-4-7-20-16(11-13)5-8-19-9-6-16/h2-3,10,13,18H,4-9,11H2,1H3. The lowest BCUT2D eigenvalue weighted by Gasteiger charge is -2.43. The Balaban J connectivity index is 1.68. The molecule has 0 aliphatic carbocycles. The Hall–Kier alpha value is -0.770. The number of ether oxygens (including phenoxy) is 2. The second kappa shape index (κ2) is 5.92. The largest absolute Gasteiger partial charge is 0.381 e. The molecular formula is C16H22ClNO2. The second-order valence-electron chi connectivity index (χ2n) is 5.96. The molecule has 2 heterocycles. The molecule has 3 rings (SSSR count). The average Bonchev–Trinajstić information content (AvgIpc) is 2.43. The summed E-state index contributed by atoms with van der Waals surface area (Å²) in [5.41, 5.74) is 2.24. The highest BCUT2D eigenvalue weighted by Crippen LogP contribution is 2.36. The first-order valence-electron chi connectivity index (χ1n) is 7.41. The third-order valence-electron chi connectivity index (χ3n) is 4.38. The maximum Gasteiger partial charge on any atom is 0.0745 e. The topological polar surface area (TPSA) is 30.5 Å². The van der Waals surface area contributed by atoms with Gasteiger partial charge in [0.05, 0.1) is 16.3 Å². The van der Waals surface area contributed by atoms with Gasteiger partial charge < -0.3 is 14.8 Å². The minimum Gasteiger partial charge on any atom is -0.381 e. The molecular weight excluding hydrogens is 274 g/mol. The van der Waals surface area contributed by atoms with Crippen molar-refractivity contribution < 1.29 is 9.47 Å². The van der Waals surface area contributed by atoms with Crippen molar-refractivity contribution in [1.29, 1.82) is 0 Å². The van der Waals surface area contributed by atoms with Crippen molar-refractivity contribution in [3.05, 3.63) is 28.8 Å². The summed E-state index contributed by atoms with van der Waals surface area (Å²) in [5, 5.41) is 4.40. The molecule has 2 aliphatic heterocycles. The molecule has 0 amide bonds. The Morgan fingerprint density at radius 2 is 2.05 bits per heavy atom. The van der Waals surface area contributed by atoms with Crippen molar-refractivity contribution >= 4 is 17.3 Å². The lowest BCUT2D eigenvalue weighted by atomic mass is 9.84. The van der Waals surface area contributed by atoms with Crippen molar-refractivity contribution in [3.8, 4) is 0 Å². The van der Waals surface area contributed by atoms with Crippen molar-refractivity contribution in [2.45, 2.75) is 44.2 Å². The molecule has 1 atom stereocenters. The number of anilines is 1. The Morgan fingerprint density at radius 3 is 2.80 bits per heavy atom. The van der Waals surface area contributed by atoms with Crippen LogP contribution in [0.15, 0.2) is 18.2 Å². The fourth-order valence-corrected chi connectivity index (χ4v) is 3.49. The molecule has 1 unspecified atom stereocenters. The summed E-state index contributed by atoms with van der Waals surface area (Å²) in [6.45, 7) is 4.51. The first-order chi connectivity index (χ1) is 9.67. The number of hydrogen-bond acceptors (Lipinski definition) is 3. The predicted octanol–water partition coefficient (Wildman–Crippen LogP) is 3.79. The summed E-state index contributed by atoms with van der Waals surface area (Å²) in [6, 6.07) is 6.61. The Morgan fingerprint density at radius 1 is 1.25 bits per heavy atom. The van der Waals surface area contributed by atoms with E-state index in [1.165, 1.54) is 5.56 Å². The molecule has 1 spiro atoms. The maximum atomic E-state index is 6.31. The Bertz CT molecular complexity index is 466. The summed E-state index contributed by atoms with van der Waals surface area (Å²) < 4.78 is 11.5. The SMILES string of the molecule is Cc1ccc(NC2CCOC3(CCOCC3)C2)c(Cl)c1. The molecule has 2 fully saturated rings. The minimum atomic E-state index is 0.0192. The second-order valence-corrected chi connectivity index (χ2v) is 6.37. The summed E-state index contributed by atoms with van der Waals surface area (Å²) in [5.74, 6) is 0. The van der Waals surface area contributed by atoms with Crippen LogP contribution in [0.5, 0.6) is 0 Å². The zero-order valence-electron chi connectivity index (χ0n) is 12.0. The van der Waals surface area contributed by atoms with E-state index < -0.39 is 0 Å². The number of nitrogens with one attached hydrogen (secondary N) is 1. The van der Waals surface area contributed by atoms with Gasteiger partial charge in [0.2, 0.25) is 0 Å². The van der Waals surface area contributed by atoms with Gasteiger partial charge in [0.1, 0.15) is 0 Å². The quantitative estimate of drug-likeness (QED) is 0.900. The zero-order chi connectivity index (χ0) is 14.0. The third-order valence-corrected chi connectivity index (χ3v) is 4.69. The van der Waals surface area contributed by atoms with E-state index in [0.717, 1.165) is 56.2 Å². The van der Waals surface area contributed by atoms with E-state index in [2.05, 4.69) is 24.4 Å². The molecule has 1 aromatic carbocycles. The zero-order valence-corrected chi connectivity index (χ0v) is 12.7. The number of aryl methyl sites for hydroxylation is 1. The van der Waals surface area contributed by atoms with Gasteiger partial charge in [0.15, 0.2) is 0 Å². The highest BCUT2D eigenvalue weighted by atomic mass is 35.5. The Labute approximate surface area is 125 Å². The van der Waals surface area contributed by atoms with Gasteiger partial charge in [-0.05, 0) is 50.3 Å². The fraction of sp³-hybridized carbons (Fsp3) is 0.625. The minimum absolute atomic E-state index is 0.0192. The molecule has 0 saturated carbocycles. The molecule has 0 aromatic heterocycles. The molecule has 2 saturated heterocycles. The number of halogens is 1. The number of benzene rings is 1. The average molecular weight is 296 g/mol. The van der Waals surface area contributed by atoms with E-state index in [9.17, 15) is 0 Å². The first kappa shape index (κ1) is 14.2. The molecule has 4 heteroatoms. The lowest BCUT2D eigenvalue weighted by molar-refractivity contribution is -0.135. The third kappa shape index (κ3) is 3.11. The highest BCUT2D eigenvalue weighted by molar-refractivity contribution is 6.33. The van der Waals surface area contributed by atoms with Crippen LogP contribution in [0, 0.1) is 6.92 Å². The molecule has 3 nitrogen and oxygen atoms in total. The van der Waals surface area contributed by atoms with Crippen LogP contribution in [0.4, 0.5) is 5.69 Å². The van der Waals surface area contributed by atoms with Crippen LogP contribution in [0.3, 0.4) is 0 Å². The van der Waals surface area contributed by atoms with Gasteiger partial charge in [-0.15, -0.1) is 0 Å². The summed E-state index contributed by atoms with van der Waals surface area (Å²) in [7, 11) is 0. The maximum absolute atomic E-state index is 6.31. The molecule has 1 aromatic rings. The lowest BCUT2D eigenvalue weighted by Crippen LogP contribution is -2.47. The molecule has 110 valence electrons. The normalized spacial score (nSPS) is 25.6. The van der Waals surface area contributed by atoms with Gasteiger partial charge in [0, 0.05) is 25.9 Å². The summed E-state index contributed by atoms with van der Waals surface area (Å²) in [4.78, 5) is 0. The van der Waals surface area contributed by atoms with Gasteiger partial charge in [-0.1, -0.05) is 17.7 Å². The number of rotatable bonds is 2. The van der Waals surface area contributed by atoms with Crippen LogP contribution < -0.4 is 5.32 Å². The van der Waals surface area contributed by atoms with Crippen molar-refractivity contribution in [1.82, 2.24) is 0 Å². The van der Waals surface area contributed by atoms with Gasteiger partial charge in [-0.3, -0.25) is 0 Å². The van der Waals surface area contributed by atoms with Crippen LogP contribution in [-0.4, -0.2) is 31.5 Å². The summed E-state index contributed by atoms with van der Waals surface area (Å²) >= 11 is 6.31. The van der Waals surface area contributed by atoms with E-state index in [0.29, 0.717) is 6.04 Å². The van der Waals surface area contributed by atoms with Crippen LogP contribution in [0.2, 0.25) is 5.02 Å². The molecule has 0 bridgehead atoms. The van der Waals surface area contributed by atoms with Gasteiger partial charge in [-0.2, -0.15) is 0 Å². The van der Waals surface area contributed by atoms with Crippen molar-refractivity contribution in [2.24, 2.45) is 0 Å². The molecule has 0 radical (unpaired) electrons. The molecule has 2 aliphatic rings. The van der Waals surface area contributed by atoms with E-state index in [1.807, 2.05) is 6.07 Å². The van der Waals surface area contributed by atoms with E-state index in [4.69, 9.17) is 21.1 Å². The van der Waals surface area contributed by atoms with E-state index in [-0.39, 0.29) is 5.60 Å². The predicted molar refractivity (Wildman–Crippen MR) is 81.6 cm³/mol. The van der Waals surface area contributed by atoms with Gasteiger partial charge in [0.25, 0.3) is 0 Å². The highest BCUT2D eigenvalue weighted by Gasteiger charge is 2.39. The van der Waals surface area contributed by atoms with Gasteiger partial charge >= 0.3 is 0 Å². The van der Waals surface area contributed by atoms with Gasteiger partial charge in [-0.25, -0.2) is 0 Å². The molecule has 20 heavy (non-hydrogen) atoms. The van der Waals surface area contributed by atoms with E-state index >= 15 is 0 Å². The van der Waals surface area contributed by atoms with E-state index in [1.54, 1.807) is 0 Å². The van der Waals surface area contributed by atoms with Crippen LogP contribution in [0.25, 0.3) is 0 Å². The number of hydrogen-bond donors (Lipinski definition) is 1. The van der Waals surface area contributed by atoms with Crippen molar-refractivity contribution in [3.63, 3.8) is 0 Å². The monoisotopic (exact) mass is 295 g/mol. The van der Waals surface area contributed by atoms with Crippen LogP contribution >= 0.6 is 11.6 Å². The van der Waals surface area contributed by atoms with Crippen LogP contribution in [0.1, 0.15) is 31.2 Å². The smallest absolute Gasteiger partial charge is 0.0745 e. The van der Waals surface area contributed by atoms with Crippen LogP contribution in [-0.2, 0) is 9.47 Å². The van der Waals surface area contributed by atoms with Crippen molar-refractivity contribution in [2.75, 3.05) is 25.1 Å². The Kier molecular flexibility index (Phi) is 4.20. The fourth-order valence-electron chi connectivity index (χ4n) is 3.20. The summed E-state index contributed by atoms with van der Waals surface area (Å²) in [6.07, 6.45) is 4.09. The first-order valence-corrected chi connectivity index (χ1v) is 7.79.